The number of hydrogen-bond acceptors (Lipinski definition) is 3. The molecule has 74 valence electrons. The highest BCUT2D eigenvalue weighted by molar-refractivity contribution is 5.78. The van der Waals surface area contributed by atoms with Gasteiger partial charge in [-0.1, -0.05) is 30.3 Å². The second-order valence-electron chi connectivity index (χ2n) is 3.55. The van der Waals surface area contributed by atoms with E-state index >= 15 is 0 Å². The van der Waals surface area contributed by atoms with Gasteiger partial charge < -0.3 is 4.74 Å². The minimum atomic E-state index is -0.114. The van der Waals surface area contributed by atoms with Crippen LogP contribution in [0.15, 0.2) is 30.3 Å². The fourth-order valence-corrected chi connectivity index (χ4v) is 1.31. The van der Waals surface area contributed by atoms with Gasteiger partial charge in [-0.3, -0.25) is 9.69 Å². The van der Waals surface area contributed by atoms with Gasteiger partial charge in [0.15, 0.2) is 0 Å². The molecule has 1 unspecified atom stereocenters. The summed E-state index contributed by atoms with van der Waals surface area (Å²) in [7, 11) is 1.91. The van der Waals surface area contributed by atoms with Gasteiger partial charge in [-0.25, -0.2) is 0 Å². The van der Waals surface area contributed by atoms with Crippen LogP contribution < -0.4 is 0 Å². The van der Waals surface area contributed by atoms with Crippen molar-refractivity contribution in [3.63, 3.8) is 0 Å². The molecule has 14 heavy (non-hydrogen) atoms. The molecule has 2 rings (SSSR count). The number of esters is 1. The predicted octanol–water partition coefficient (Wildman–Crippen LogP) is 1.04. The Hall–Kier alpha value is -1.35. The Bertz CT molecular complexity index is 323. The third kappa shape index (κ3) is 2.12. The fourth-order valence-electron chi connectivity index (χ4n) is 1.31. The lowest BCUT2D eigenvalue weighted by atomic mass is 10.2. The van der Waals surface area contributed by atoms with Gasteiger partial charge in [0.05, 0.1) is 0 Å². The maximum atomic E-state index is 11.3. The number of nitrogens with zero attached hydrogens (tertiary/aromatic N) is 1. The summed E-state index contributed by atoms with van der Waals surface area (Å²) >= 11 is 0. The van der Waals surface area contributed by atoms with Crippen molar-refractivity contribution in [3.8, 4) is 0 Å². The first kappa shape index (κ1) is 9.21. The molecule has 1 aromatic carbocycles. The highest BCUT2D eigenvalue weighted by Crippen LogP contribution is 2.15. The molecule has 0 radical (unpaired) electrons. The zero-order chi connectivity index (χ0) is 9.97. The van der Waals surface area contributed by atoms with Gasteiger partial charge in [0.2, 0.25) is 0 Å². The molecule has 1 fully saturated rings. The van der Waals surface area contributed by atoms with Gasteiger partial charge >= 0.3 is 5.97 Å². The van der Waals surface area contributed by atoms with Crippen LogP contribution in [0.2, 0.25) is 0 Å². The van der Waals surface area contributed by atoms with Crippen LogP contribution in [0.3, 0.4) is 0 Å². The first-order chi connectivity index (χ1) is 6.77. The highest BCUT2D eigenvalue weighted by atomic mass is 16.5. The largest absolute Gasteiger partial charge is 0.460 e. The SMILES string of the molecule is CN1C[C@@H]1C(=O)OCc1ccccc1. The Kier molecular flexibility index (Phi) is 2.50. The zero-order valence-corrected chi connectivity index (χ0v) is 8.14. The van der Waals surface area contributed by atoms with Gasteiger partial charge in [0.25, 0.3) is 0 Å². The van der Waals surface area contributed by atoms with E-state index in [2.05, 4.69) is 0 Å². The second-order valence-corrected chi connectivity index (χ2v) is 3.55. The molecule has 2 atom stereocenters. The molecule has 0 aromatic heterocycles. The molecule has 1 saturated heterocycles. The third-order valence-corrected chi connectivity index (χ3v) is 2.36. The van der Waals surface area contributed by atoms with E-state index in [-0.39, 0.29) is 12.0 Å². The molecular formula is C11H13NO2. The summed E-state index contributed by atoms with van der Waals surface area (Å²) in [4.78, 5) is 13.3. The van der Waals surface area contributed by atoms with Crippen molar-refractivity contribution < 1.29 is 9.53 Å². The molecule has 0 amide bonds. The Morgan fingerprint density at radius 2 is 2.14 bits per heavy atom. The molecule has 3 nitrogen and oxygen atoms in total. The van der Waals surface area contributed by atoms with Crippen LogP contribution in [0.25, 0.3) is 0 Å². The van der Waals surface area contributed by atoms with Crippen molar-refractivity contribution in [2.24, 2.45) is 0 Å². The first-order valence-corrected chi connectivity index (χ1v) is 4.68. The minimum Gasteiger partial charge on any atom is -0.460 e. The Morgan fingerprint density at radius 1 is 1.50 bits per heavy atom. The molecule has 0 aliphatic carbocycles. The molecule has 0 N–H and O–H groups in total. The number of likely N-dealkylation sites (N-methyl/N-ethyl adjacent to an activating group) is 1. The van der Waals surface area contributed by atoms with Crippen LogP contribution in [0.5, 0.6) is 0 Å². The van der Waals surface area contributed by atoms with E-state index in [1.54, 1.807) is 0 Å². The number of benzene rings is 1. The van der Waals surface area contributed by atoms with Crippen molar-refractivity contribution in [1.29, 1.82) is 0 Å². The normalized spacial score (nSPS) is 24.4. The molecule has 0 bridgehead atoms. The van der Waals surface area contributed by atoms with E-state index < -0.39 is 0 Å². The van der Waals surface area contributed by atoms with Crippen LogP contribution >= 0.6 is 0 Å². The monoisotopic (exact) mass is 191 g/mol. The van der Waals surface area contributed by atoms with Gasteiger partial charge in [-0.15, -0.1) is 0 Å². The second kappa shape index (κ2) is 3.80. The minimum absolute atomic E-state index is 0.00119. The van der Waals surface area contributed by atoms with Crippen LogP contribution in [-0.4, -0.2) is 30.5 Å². The van der Waals surface area contributed by atoms with E-state index in [1.807, 2.05) is 42.3 Å². The lowest BCUT2D eigenvalue weighted by Gasteiger charge is -2.03. The summed E-state index contributed by atoms with van der Waals surface area (Å²) in [6.45, 7) is 1.21. The van der Waals surface area contributed by atoms with Crippen LogP contribution in [0, 0.1) is 0 Å². The number of carbonyl (C=O) groups is 1. The lowest BCUT2D eigenvalue weighted by Crippen LogP contribution is -2.14. The number of hydrogen-bond donors (Lipinski definition) is 0. The highest BCUT2D eigenvalue weighted by Gasteiger charge is 2.38. The van der Waals surface area contributed by atoms with E-state index in [0.717, 1.165) is 12.1 Å². The maximum absolute atomic E-state index is 11.3. The Labute approximate surface area is 83.3 Å². The summed E-state index contributed by atoms with van der Waals surface area (Å²) < 4.78 is 5.14. The van der Waals surface area contributed by atoms with Crippen molar-refractivity contribution >= 4 is 5.97 Å². The van der Waals surface area contributed by atoms with E-state index in [0.29, 0.717) is 6.61 Å². The number of carbonyl (C=O) groups excluding carboxylic acids is 1. The fraction of sp³-hybridized carbons (Fsp3) is 0.364. The molecule has 0 spiro atoms. The average Bonchev–Trinajstić information content (AvgIpc) is 2.94. The molecule has 1 aliphatic heterocycles. The summed E-state index contributed by atoms with van der Waals surface area (Å²) in [5.41, 5.74) is 1.03. The zero-order valence-electron chi connectivity index (χ0n) is 8.14. The summed E-state index contributed by atoms with van der Waals surface area (Å²) in [6.07, 6.45) is 0. The Balaban J connectivity index is 1.80. The first-order valence-electron chi connectivity index (χ1n) is 4.68. The third-order valence-electron chi connectivity index (χ3n) is 2.36. The maximum Gasteiger partial charge on any atom is 0.325 e. The van der Waals surface area contributed by atoms with E-state index in [4.69, 9.17) is 4.74 Å². The molecule has 1 aromatic rings. The number of rotatable bonds is 3. The van der Waals surface area contributed by atoms with Gasteiger partial charge in [0.1, 0.15) is 12.6 Å². The van der Waals surface area contributed by atoms with E-state index in [1.165, 1.54) is 0 Å². The van der Waals surface area contributed by atoms with Crippen LogP contribution in [0.1, 0.15) is 5.56 Å². The standard InChI is InChI=1S/C11H13NO2/c1-12-7-10(12)11(13)14-8-9-5-3-2-4-6-9/h2-6,10H,7-8H2,1H3/t10-,12?/m1/s1. The molecule has 1 heterocycles. The summed E-state index contributed by atoms with van der Waals surface area (Å²) in [5, 5.41) is 0. The summed E-state index contributed by atoms with van der Waals surface area (Å²) in [6, 6.07) is 9.71. The van der Waals surface area contributed by atoms with Crippen molar-refractivity contribution in [3.05, 3.63) is 35.9 Å². The van der Waals surface area contributed by atoms with E-state index in [9.17, 15) is 4.79 Å². The molecule has 3 heteroatoms. The van der Waals surface area contributed by atoms with Crippen molar-refractivity contribution in [2.75, 3.05) is 13.6 Å². The quantitative estimate of drug-likeness (QED) is 0.528. The van der Waals surface area contributed by atoms with Gasteiger partial charge in [0, 0.05) is 6.54 Å². The van der Waals surface area contributed by atoms with Crippen LogP contribution in [-0.2, 0) is 16.1 Å². The predicted molar refractivity (Wildman–Crippen MR) is 52.7 cm³/mol. The average molecular weight is 191 g/mol. The van der Waals surface area contributed by atoms with Gasteiger partial charge in [-0.05, 0) is 12.6 Å². The smallest absolute Gasteiger partial charge is 0.325 e. The topological polar surface area (TPSA) is 29.3 Å². The van der Waals surface area contributed by atoms with Crippen molar-refractivity contribution in [1.82, 2.24) is 4.90 Å². The lowest BCUT2D eigenvalue weighted by molar-refractivity contribution is -0.145. The van der Waals surface area contributed by atoms with Crippen molar-refractivity contribution in [2.45, 2.75) is 12.6 Å². The Morgan fingerprint density at radius 3 is 2.71 bits per heavy atom. The van der Waals surface area contributed by atoms with Crippen LogP contribution in [0.4, 0.5) is 0 Å². The molecule has 1 aliphatic rings. The molecule has 0 saturated carbocycles. The number of ether oxygens (including phenoxy) is 1. The molecular weight excluding hydrogens is 178 g/mol. The summed E-state index contributed by atoms with van der Waals surface area (Å²) in [5.74, 6) is -0.114. The van der Waals surface area contributed by atoms with Gasteiger partial charge in [-0.2, -0.15) is 0 Å².